The highest BCUT2D eigenvalue weighted by atomic mass is 16.5. The molecule has 6 atom stereocenters. The fourth-order valence-electron chi connectivity index (χ4n) is 5.59. The Hall–Kier alpha value is -0.0800. The van der Waals surface area contributed by atoms with Gasteiger partial charge in [0.25, 0.3) is 0 Å². The highest BCUT2D eigenvalue weighted by Crippen LogP contribution is 2.64. The number of rotatable bonds is 0. The topological polar surface area (TPSA) is 29.5 Å². The summed E-state index contributed by atoms with van der Waals surface area (Å²) in [5, 5.41) is 10.6. The van der Waals surface area contributed by atoms with Crippen LogP contribution in [0, 0.1) is 23.2 Å². The van der Waals surface area contributed by atoms with Crippen LogP contribution in [0.1, 0.15) is 60.3 Å². The lowest BCUT2D eigenvalue weighted by atomic mass is 9.66. The van der Waals surface area contributed by atoms with Crippen LogP contribution in [0.15, 0.2) is 0 Å². The molecule has 0 unspecified atom stereocenters. The Morgan fingerprint density at radius 2 is 1.83 bits per heavy atom. The minimum atomic E-state index is -0.178. The zero-order chi connectivity index (χ0) is 13.3. The molecule has 104 valence electrons. The highest BCUT2D eigenvalue weighted by molar-refractivity contribution is 5.13. The van der Waals surface area contributed by atoms with Crippen LogP contribution < -0.4 is 0 Å². The van der Waals surface area contributed by atoms with Gasteiger partial charge < -0.3 is 9.84 Å². The van der Waals surface area contributed by atoms with Gasteiger partial charge >= 0.3 is 0 Å². The molecule has 4 fully saturated rings. The van der Waals surface area contributed by atoms with E-state index in [-0.39, 0.29) is 22.7 Å². The lowest BCUT2D eigenvalue weighted by Gasteiger charge is -2.48. The Bertz CT molecular complexity index is 364. The van der Waals surface area contributed by atoms with Crippen molar-refractivity contribution in [1.29, 1.82) is 0 Å². The largest absolute Gasteiger partial charge is 0.393 e. The maximum absolute atomic E-state index is 10.6. The number of hydrogen-bond acceptors (Lipinski definition) is 2. The normalized spacial score (nSPS) is 58.3. The monoisotopic (exact) mass is 252 g/mol. The lowest BCUT2D eigenvalue weighted by Crippen LogP contribution is -2.52. The molecule has 2 bridgehead atoms. The van der Waals surface area contributed by atoms with E-state index in [1.807, 2.05) is 0 Å². The summed E-state index contributed by atoms with van der Waals surface area (Å²) in [4.78, 5) is 0. The minimum absolute atomic E-state index is 0.0280. The fourth-order valence-corrected chi connectivity index (χ4v) is 5.59. The number of hydrogen-bond donors (Lipinski definition) is 1. The van der Waals surface area contributed by atoms with Gasteiger partial charge in [0.15, 0.2) is 0 Å². The maximum Gasteiger partial charge on any atom is 0.0720 e. The first-order chi connectivity index (χ1) is 8.19. The number of fused-ring (bicyclic) bond motifs is 2. The quantitative estimate of drug-likeness (QED) is 0.716. The zero-order valence-electron chi connectivity index (χ0n) is 12.5. The smallest absolute Gasteiger partial charge is 0.0720 e. The molecular formula is C16H28O2. The molecule has 2 nitrogen and oxygen atoms in total. The van der Waals surface area contributed by atoms with Crippen molar-refractivity contribution in [2.45, 2.75) is 77.6 Å². The average Bonchev–Trinajstić information content (AvgIpc) is 2.34. The Balaban J connectivity index is 2.10. The first-order valence-corrected chi connectivity index (χ1v) is 7.57. The van der Waals surface area contributed by atoms with E-state index in [4.69, 9.17) is 4.74 Å². The molecule has 0 aromatic rings. The van der Waals surface area contributed by atoms with Crippen molar-refractivity contribution >= 4 is 0 Å². The Kier molecular flexibility index (Phi) is 2.53. The molecule has 2 heteroatoms. The van der Waals surface area contributed by atoms with Gasteiger partial charge in [-0.15, -0.1) is 0 Å². The van der Waals surface area contributed by atoms with E-state index in [1.54, 1.807) is 0 Å². The van der Waals surface area contributed by atoms with Gasteiger partial charge in [-0.2, -0.15) is 0 Å². The predicted octanol–water partition coefficient (Wildman–Crippen LogP) is 3.38. The third-order valence-electron chi connectivity index (χ3n) is 6.63. The summed E-state index contributed by atoms with van der Waals surface area (Å²) in [5.74, 6) is 1.56. The van der Waals surface area contributed by atoms with Gasteiger partial charge in [-0.3, -0.25) is 0 Å². The highest BCUT2D eigenvalue weighted by Gasteiger charge is 2.64. The van der Waals surface area contributed by atoms with Crippen LogP contribution in [0.3, 0.4) is 0 Å². The van der Waals surface area contributed by atoms with Crippen molar-refractivity contribution in [3.63, 3.8) is 0 Å². The van der Waals surface area contributed by atoms with Gasteiger partial charge in [0.1, 0.15) is 0 Å². The average molecular weight is 252 g/mol. The third kappa shape index (κ3) is 1.48. The van der Waals surface area contributed by atoms with Gasteiger partial charge in [0.2, 0.25) is 0 Å². The molecule has 2 saturated carbocycles. The van der Waals surface area contributed by atoms with Crippen LogP contribution in [0.5, 0.6) is 0 Å². The number of aliphatic hydroxyl groups excluding tert-OH is 1. The molecule has 0 amide bonds. The van der Waals surface area contributed by atoms with Crippen LogP contribution >= 0.6 is 0 Å². The molecular weight excluding hydrogens is 224 g/mol. The molecule has 0 aromatic heterocycles. The summed E-state index contributed by atoms with van der Waals surface area (Å²) in [6.07, 6.45) is 4.37. The summed E-state index contributed by atoms with van der Waals surface area (Å²) in [7, 11) is 0. The first-order valence-electron chi connectivity index (χ1n) is 7.57. The second kappa shape index (κ2) is 3.52. The molecule has 0 radical (unpaired) electrons. The van der Waals surface area contributed by atoms with Crippen molar-refractivity contribution < 1.29 is 9.84 Å². The van der Waals surface area contributed by atoms with Crippen molar-refractivity contribution in [3.05, 3.63) is 0 Å². The SMILES string of the molecule is C[C@@H]1C[C@@H](O)[C@@H]2[C@]1(C)C[C@H]1CC[C@]2(C)OC1(C)C. The molecule has 0 spiro atoms. The van der Waals surface area contributed by atoms with Crippen LogP contribution in [0.25, 0.3) is 0 Å². The van der Waals surface area contributed by atoms with Crippen LogP contribution in [0.2, 0.25) is 0 Å². The van der Waals surface area contributed by atoms with Gasteiger partial charge in [0.05, 0.1) is 17.3 Å². The summed E-state index contributed by atoms with van der Waals surface area (Å²) in [6.45, 7) is 11.5. The minimum Gasteiger partial charge on any atom is -0.393 e. The second-order valence-corrected chi connectivity index (χ2v) is 8.15. The van der Waals surface area contributed by atoms with Crippen molar-refractivity contribution in [3.8, 4) is 0 Å². The van der Waals surface area contributed by atoms with E-state index in [0.717, 1.165) is 12.8 Å². The lowest BCUT2D eigenvalue weighted by molar-refractivity contribution is -0.212. The van der Waals surface area contributed by atoms with Gasteiger partial charge in [-0.25, -0.2) is 0 Å². The second-order valence-electron chi connectivity index (χ2n) is 8.15. The van der Waals surface area contributed by atoms with E-state index < -0.39 is 0 Å². The van der Waals surface area contributed by atoms with Crippen LogP contribution in [-0.2, 0) is 4.74 Å². The first kappa shape index (κ1) is 12.9. The Labute approximate surface area is 111 Å². The molecule has 2 aliphatic heterocycles. The van der Waals surface area contributed by atoms with Crippen LogP contribution in [0.4, 0.5) is 0 Å². The standard InChI is InChI=1S/C16H28O2/c1-10-8-12(17)13-15(10,4)9-11-6-7-16(13,5)18-14(11,2)3/h10-13,17H,6-9H2,1-5H3/t10-,11-,12-,13-,15-,16+/m1/s1. The van der Waals surface area contributed by atoms with Crippen molar-refractivity contribution in [2.24, 2.45) is 23.2 Å². The predicted molar refractivity (Wildman–Crippen MR) is 72.3 cm³/mol. The van der Waals surface area contributed by atoms with E-state index in [9.17, 15) is 5.11 Å². The molecule has 1 N–H and O–H groups in total. The summed E-state index contributed by atoms with van der Waals surface area (Å²) < 4.78 is 6.52. The Morgan fingerprint density at radius 3 is 2.44 bits per heavy atom. The van der Waals surface area contributed by atoms with Crippen molar-refractivity contribution in [1.82, 2.24) is 0 Å². The third-order valence-corrected chi connectivity index (χ3v) is 6.63. The van der Waals surface area contributed by atoms with E-state index in [1.165, 1.54) is 12.8 Å². The van der Waals surface area contributed by atoms with Crippen LogP contribution in [-0.4, -0.2) is 22.4 Å². The van der Waals surface area contributed by atoms with Gasteiger partial charge in [0, 0.05) is 5.92 Å². The molecule has 18 heavy (non-hydrogen) atoms. The molecule has 2 aliphatic carbocycles. The summed E-state index contributed by atoms with van der Waals surface area (Å²) in [6, 6.07) is 0. The zero-order valence-corrected chi connectivity index (χ0v) is 12.5. The van der Waals surface area contributed by atoms with E-state index in [0.29, 0.717) is 17.8 Å². The molecule has 0 aromatic carbocycles. The van der Waals surface area contributed by atoms with Gasteiger partial charge in [-0.05, 0) is 63.7 Å². The molecule has 2 saturated heterocycles. The summed E-state index contributed by atoms with van der Waals surface area (Å²) >= 11 is 0. The number of ether oxygens (including phenoxy) is 1. The number of aliphatic hydroxyl groups is 1. The molecule has 4 aliphatic rings. The maximum atomic E-state index is 10.6. The fraction of sp³-hybridized carbons (Fsp3) is 1.00. The molecule has 2 heterocycles. The van der Waals surface area contributed by atoms with E-state index >= 15 is 0 Å². The van der Waals surface area contributed by atoms with E-state index in [2.05, 4.69) is 34.6 Å². The van der Waals surface area contributed by atoms with Crippen molar-refractivity contribution in [2.75, 3.05) is 0 Å². The van der Waals surface area contributed by atoms with Gasteiger partial charge in [-0.1, -0.05) is 13.8 Å². The summed E-state index contributed by atoms with van der Waals surface area (Å²) in [5.41, 5.74) is 0.0956. The molecule has 4 rings (SSSR count). The Morgan fingerprint density at radius 1 is 1.17 bits per heavy atom.